The van der Waals surface area contributed by atoms with Gasteiger partial charge in [0.2, 0.25) is 11.8 Å². The zero-order valence-electron chi connectivity index (χ0n) is 11.0. The van der Waals surface area contributed by atoms with E-state index < -0.39 is 0 Å². The summed E-state index contributed by atoms with van der Waals surface area (Å²) in [4.78, 5) is 25.9. The molecule has 0 aromatic heterocycles. The molecule has 100 valence electrons. The highest BCUT2D eigenvalue weighted by atomic mass is 16.2. The second-order valence-corrected chi connectivity index (χ2v) is 5.97. The minimum Gasteiger partial charge on any atom is -0.302 e. The molecule has 0 aromatic carbocycles. The number of carbonyl (C=O) groups excluding carboxylic acids is 2. The van der Waals surface area contributed by atoms with Crippen LogP contribution >= 0.6 is 0 Å². The summed E-state index contributed by atoms with van der Waals surface area (Å²) in [7, 11) is 0. The summed E-state index contributed by atoms with van der Waals surface area (Å²) in [6.07, 6.45) is 7.02. The van der Waals surface area contributed by atoms with E-state index in [0.29, 0.717) is 18.4 Å². The van der Waals surface area contributed by atoms with Gasteiger partial charge in [-0.1, -0.05) is 26.2 Å². The lowest BCUT2D eigenvalue weighted by Gasteiger charge is -2.22. The van der Waals surface area contributed by atoms with Crippen molar-refractivity contribution in [2.45, 2.75) is 70.0 Å². The Kier molecular flexibility index (Phi) is 3.14. The Bertz CT molecular complexity index is 363. The van der Waals surface area contributed by atoms with Crippen LogP contribution in [0.25, 0.3) is 0 Å². The van der Waals surface area contributed by atoms with Crippen LogP contribution in [0.1, 0.15) is 51.9 Å². The van der Waals surface area contributed by atoms with Crippen molar-refractivity contribution < 1.29 is 9.59 Å². The fourth-order valence-electron chi connectivity index (χ4n) is 3.49. The average Bonchev–Trinajstić information content (AvgIpc) is 2.75. The lowest BCUT2D eigenvalue weighted by molar-refractivity contribution is -0.141. The maximum Gasteiger partial charge on any atom is 0.247 e. The summed E-state index contributed by atoms with van der Waals surface area (Å²) in [5, 5.41) is 3.38. The summed E-state index contributed by atoms with van der Waals surface area (Å²) in [5.41, 5.74) is 0. The van der Waals surface area contributed by atoms with Crippen molar-refractivity contribution in [1.82, 2.24) is 10.2 Å². The van der Waals surface area contributed by atoms with Crippen LogP contribution in [-0.4, -0.2) is 34.8 Å². The normalized spacial score (nSPS) is 36.7. The topological polar surface area (TPSA) is 49.4 Å². The highest BCUT2D eigenvalue weighted by Crippen LogP contribution is 2.35. The molecule has 3 unspecified atom stereocenters. The molecule has 4 nitrogen and oxygen atoms in total. The molecule has 1 aliphatic heterocycles. The first-order valence-electron chi connectivity index (χ1n) is 7.32. The van der Waals surface area contributed by atoms with Crippen molar-refractivity contribution in [2.75, 3.05) is 0 Å². The van der Waals surface area contributed by atoms with Gasteiger partial charge in [-0.3, -0.25) is 14.5 Å². The Morgan fingerprint density at radius 1 is 1.28 bits per heavy atom. The first kappa shape index (κ1) is 12.2. The molecule has 0 spiro atoms. The molecule has 2 aliphatic carbocycles. The predicted molar refractivity (Wildman–Crippen MR) is 67.8 cm³/mol. The molecule has 18 heavy (non-hydrogen) atoms. The van der Waals surface area contributed by atoms with Gasteiger partial charge in [0.25, 0.3) is 0 Å². The van der Waals surface area contributed by atoms with Crippen molar-refractivity contribution >= 4 is 11.8 Å². The number of likely N-dealkylation sites (tertiary alicyclic amines) is 1. The lowest BCUT2D eigenvalue weighted by Crippen LogP contribution is -2.43. The Labute approximate surface area is 108 Å². The zero-order valence-corrected chi connectivity index (χ0v) is 11.0. The minimum atomic E-state index is -0.236. The van der Waals surface area contributed by atoms with Crippen LogP contribution < -0.4 is 5.32 Å². The van der Waals surface area contributed by atoms with Crippen LogP contribution in [0.3, 0.4) is 0 Å². The molecular weight excluding hydrogens is 228 g/mol. The third-order valence-corrected chi connectivity index (χ3v) is 4.74. The Morgan fingerprint density at radius 3 is 2.61 bits per heavy atom. The number of hydrogen-bond acceptors (Lipinski definition) is 3. The van der Waals surface area contributed by atoms with Gasteiger partial charge < -0.3 is 5.32 Å². The van der Waals surface area contributed by atoms with Crippen LogP contribution in [0.2, 0.25) is 0 Å². The number of amides is 2. The number of imide groups is 1. The maximum absolute atomic E-state index is 12.3. The molecule has 2 amide bonds. The van der Waals surface area contributed by atoms with Crippen molar-refractivity contribution in [2.24, 2.45) is 5.92 Å². The van der Waals surface area contributed by atoms with Crippen LogP contribution in [0.15, 0.2) is 0 Å². The van der Waals surface area contributed by atoms with Crippen LogP contribution in [0.4, 0.5) is 0 Å². The van der Waals surface area contributed by atoms with Gasteiger partial charge in [-0.2, -0.15) is 0 Å². The van der Waals surface area contributed by atoms with Crippen LogP contribution in [0.5, 0.6) is 0 Å². The van der Waals surface area contributed by atoms with E-state index in [1.54, 1.807) is 4.90 Å². The SMILES string of the molecule is CCC1CC1NC1CC(=O)N(C2CCCC2)C1=O. The lowest BCUT2D eigenvalue weighted by atomic mass is 10.2. The van der Waals surface area contributed by atoms with E-state index in [-0.39, 0.29) is 23.9 Å². The number of nitrogens with one attached hydrogen (secondary N) is 1. The molecule has 0 radical (unpaired) electrons. The molecule has 2 saturated carbocycles. The van der Waals surface area contributed by atoms with E-state index in [2.05, 4.69) is 12.2 Å². The monoisotopic (exact) mass is 250 g/mol. The van der Waals surface area contributed by atoms with E-state index >= 15 is 0 Å². The van der Waals surface area contributed by atoms with Gasteiger partial charge in [-0.05, 0) is 25.2 Å². The molecule has 3 rings (SSSR count). The molecule has 1 heterocycles. The number of carbonyl (C=O) groups is 2. The molecule has 3 fully saturated rings. The molecule has 0 bridgehead atoms. The third-order valence-electron chi connectivity index (χ3n) is 4.74. The van der Waals surface area contributed by atoms with Gasteiger partial charge in [0.15, 0.2) is 0 Å². The van der Waals surface area contributed by atoms with E-state index in [4.69, 9.17) is 0 Å². The Morgan fingerprint density at radius 2 is 2.00 bits per heavy atom. The average molecular weight is 250 g/mol. The molecule has 0 aromatic rings. The minimum absolute atomic E-state index is 0.0358. The molecule has 1 N–H and O–H groups in total. The van der Waals surface area contributed by atoms with Crippen LogP contribution in [0, 0.1) is 5.92 Å². The van der Waals surface area contributed by atoms with Gasteiger partial charge in [0, 0.05) is 12.1 Å². The summed E-state index contributed by atoms with van der Waals surface area (Å²) in [5.74, 6) is 0.792. The number of hydrogen-bond donors (Lipinski definition) is 1. The summed E-state index contributed by atoms with van der Waals surface area (Å²) in [6, 6.07) is 0.429. The molecule has 3 atom stereocenters. The van der Waals surface area contributed by atoms with Gasteiger partial charge >= 0.3 is 0 Å². The fraction of sp³-hybridized carbons (Fsp3) is 0.857. The highest BCUT2D eigenvalue weighted by molar-refractivity contribution is 6.05. The second kappa shape index (κ2) is 4.65. The van der Waals surface area contributed by atoms with Gasteiger partial charge in [-0.25, -0.2) is 0 Å². The summed E-state index contributed by atoms with van der Waals surface area (Å²) >= 11 is 0. The standard InChI is InChI=1S/C14H22N2O2/c1-2-9-7-11(9)15-12-8-13(17)16(14(12)18)10-5-3-4-6-10/h9-12,15H,2-8H2,1H3. The Hall–Kier alpha value is -0.900. The summed E-state index contributed by atoms with van der Waals surface area (Å²) in [6.45, 7) is 2.18. The quantitative estimate of drug-likeness (QED) is 0.768. The fourth-order valence-corrected chi connectivity index (χ4v) is 3.49. The third kappa shape index (κ3) is 2.07. The van der Waals surface area contributed by atoms with Crippen molar-refractivity contribution in [1.29, 1.82) is 0 Å². The molecular formula is C14H22N2O2. The maximum atomic E-state index is 12.3. The van der Waals surface area contributed by atoms with Crippen molar-refractivity contribution in [3.05, 3.63) is 0 Å². The largest absolute Gasteiger partial charge is 0.302 e. The number of rotatable bonds is 4. The van der Waals surface area contributed by atoms with Crippen molar-refractivity contribution in [3.8, 4) is 0 Å². The summed E-state index contributed by atoms with van der Waals surface area (Å²) < 4.78 is 0. The Balaban J connectivity index is 1.61. The van der Waals surface area contributed by atoms with E-state index in [1.807, 2.05) is 0 Å². The second-order valence-electron chi connectivity index (χ2n) is 5.97. The van der Waals surface area contributed by atoms with E-state index in [1.165, 1.54) is 6.42 Å². The molecule has 3 aliphatic rings. The van der Waals surface area contributed by atoms with E-state index in [9.17, 15) is 9.59 Å². The van der Waals surface area contributed by atoms with Crippen LogP contribution in [-0.2, 0) is 9.59 Å². The van der Waals surface area contributed by atoms with Gasteiger partial charge in [-0.15, -0.1) is 0 Å². The highest BCUT2D eigenvalue weighted by Gasteiger charge is 2.46. The molecule has 4 heteroatoms. The van der Waals surface area contributed by atoms with E-state index in [0.717, 1.165) is 32.1 Å². The predicted octanol–water partition coefficient (Wildman–Crippen LogP) is 1.44. The first-order chi connectivity index (χ1) is 8.70. The van der Waals surface area contributed by atoms with Gasteiger partial charge in [0.1, 0.15) is 0 Å². The smallest absolute Gasteiger partial charge is 0.247 e. The number of nitrogens with zero attached hydrogens (tertiary/aromatic N) is 1. The van der Waals surface area contributed by atoms with Crippen molar-refractivity contribution in [3.63, 3.8) is 0 Å². The molecule has 1 saturated heterocycles. The first-order valence-corrected chi connectivity index (χ1v) is 7.32. The zero-order chi connectivity index (χ0) is 12.7. The van der Waals surface area contributed by atoms with Gasteiger partial charge in [0.05, 0.1) is 12.5 Å².